The van der Waals surface area contributed by atoms with E-state index >= 15 is 0 Å². The van der Waals surface area contributed by atoms with Crippen LogP contribution in [0.25, 0.3) is 0 Å². The van der Waals surface area contributed by atoms with Gasteiger partial charge in [0, 0.05) is 50.2 Å². The highest BCUT2D eigenvalue weighted by Gasteiger charge is 2.42. The Balaban J connectivity index is 1.54. The summed E-state index contributed by atoms with van der Waals surface area (Å²) >= 11 is 1.45. The van der Waals surface area contributed by atoms with Gasteiger partial charge in [0.15, 0.2) is 5.67 Å². The van der Waals surface area contributed by atoms with Crippen molar-refractivity contribution in [1.82, 2.24) is 15.2 Å². The molecule has 0 atom stereocenters. The minimum absolute atomic E-state index is 0.0189. The first-order valence-corrected chi connectivity index (χ1v) is 8.70. The van der Waals surface area contributed by atoms with Crippen LogP contribution in [-0.4, -0.2) is 40.5 Å². The number of thiophene rings is 1. The maximum Gasteiger partial charge on any atom is 0.258 e. The zero-order chi connectivity index (χ0) is 17.0. The van der Waals surface area contributed by atoms with Gasteiger partial charge in [-0.2, -0.15) is 11.3 Å². The van der Waals surface area contributed by atoms with E-state index < -0.39 is 11.6 Å². The van der Waals surface area contributed by atoms with Crippen molar-refractivity contribution in [2.45, 2.75) is 25.1 Å². The first-order chi connectivity index (χ1) is 11.6. The summed E-state index contributed by atoms with van der Waals surface area (Å²) in [5.41, 5.74) is -0.432. The molecule has 1 aliphatic rings. The molecule has 1 saturated heterocycles. The van der Waals surface area contributed by atoms with E-state index in [0.717, 1.165) is 5.56 Å². The third kappa shape index (κ3) is 3.62. The molecule has 3 rings (SSSR count). The van der Waals surface area contributed by atoms with Crippen molar-refractivity contribution >= 4 is 23.2 Å². The minimum Gasteiger partial charge on any atom is -0.349 e. The van der Waals surface area contributed by atoms with E-state index in [-0.39, 0.29) is 38.4 Å². The van der Waals surface area contributed by atoms with Crippen LogP contribution in [-0.2, 0) is 11.3 Å². The van der Waals surface area contributed by atoms with Crippen molar-refractivity contribution in [3.05, 3.63) is 52.5 Å². The van der Waals surface area contributed by atoms with E-state index in [9.17, 15) is 14.0 Å². The topological polar surface area (TPSA) is 62.3 Å². The average molecular weight is 347 g/mol. The molecule has 3 heterocycles. The van der Waals surface area contributed by atoms with Gasteiger partial charge in [-0.25, -0.2) is 4.39 Å². The lowest BCUT2D eigenvalue weighted by Gasteiger charge is -2.35. The van der Waals surface area contributed by atoms with E-state index in [4.69, 9.17) is 0 Å². The van der Waals surface area contributed by atoms with Crippen LogP contribution in [0.3, 0.4) is 0 Å². The lowest BCUT2D eigenvalue weighted by molar-refractivity contribution is -0.135. The number of halogens is 1. The SMILES string of the molecule is O=C(c1ccsc1)N1CCC(F)(C(=O)NCc2ccncc2)CC1. The van der Waals surface area contributed by atoms with Crippen LogP contribution in [0.15, 0.2) is 41.4 Å². The maximum absolute atomic E-state index is 14.9. The number of piperidine rings is 1. The normalized spacial score (nSPS) is 16.6. The summed E-state index contributed by atoms with van der Waals surface area (Å²) in [7, 11) is 0. The van der Waals surface area contributed by atoms with Gasteiger partial charge in [-0.3, -0.25) is 14.6 Å². The van der Waals surface area contributed by atoms with Gasteiger partial charge in [0.2, 0.25) is 0 Å². The second-order valence-corrected chi connectivity index (χ2v) is 6.59. The third-order valence-corrected chi connectivity index (χ3v) is 4.90. The second-order valence-electron chi connectivity index (χ2n) is 5.81. The zero-order valence-electron chi connectivity index (χ0n) is 13.1. The molecule has 2 aromatic heterocycles. The third-order valence-electron chi connectivity index (χ3n) is 4.22. The van der Waals surface area contributed by atoms with Gasteiger partial charge in [-0.05, 0) is 29.1 Å². The lowest BCUT2D eigenvalue weighted by Crippen LogP contribution is -2.52. The van der Waals surface area contributed by atoms with Gasteiger partial charge >= 0.3 is 0 Å². The summed E-state index contributed by atoms with van der Waals surface area (Å²) in [6.07, 6.45) is 3.29. The van der Waals surface area contributed by atoms with Crippen LogP contribution in [0.4, 0.5) is 4.39 Å². The Morgan fingerprint density at radius 1 is 1.25 bits per heavy atom. The largest absolute Gasteiger partial charge is 0.349 e. The number of likely N-dealkylation sites (tertiary alicyclic amines) is 1. The molecule has 1 N–H and O–H groups in total. The molecule has 0 aliphatic carbocycles. The zero-order valence-corrected chi connectivity index (χ0v) is 13.9. The Morgan fingerprint density at radius 2 is 1.96 bits per heavy atom. The molecule has 0 bridgehead atoms. The number of rotatable bonds is 4. The Kier molecular flexibility index (Phi) is 4.89. The Labute approximate surface area is 143 Å². The number of nitrogens with one attached hydrogen (secondary N) is 1. The van der Waals surface area contributed by atoms with Gasteiger partial charge < -0.3 is 10.2 Å². The first kappa shape index (κ1) is 16.6. The summed E-state index contributed by atoms with van der Waals surface area (Å²) in [4.78, 5) is 30.0. The van der Waals surface area contributed by atoms with Gasteiger partial charge in [-0.15, -0.1) is 0 Å². The van der Waals surface area contributed by atoms with Gasteiger partial charge in [0.25, 0.3) is 11.8 Å². The standard InChI is InChI=1S/C17H18FN3O2S/c18-17(16(23)20-11-13-1-6-19-7-2-13)4-8-21(9-5-17)15(22)14-3-10-24-12-14/h1-3,6-7,10,12H,4-5,8-9,11H2,(H,20,23). The van der Waals surface area contributed by atoms with Crippen LogP contribution in [0.5, 0.6) is 0 Å². The van der Waals surface area contributed by atoms with Gasteiger partial charge in [-0.1, -0.05) is 0 Å². The Hall–Kier alpha value is -2.28. The molecule has 2 amide bonds. The summed E-state index contributed by atoms with van der Waals surface area (Å²) in [6, 6.07) is 5.30. The van der Waals surface area contributed by atoms with E-state index in [1.807, 2.05) is 5.38 Å². The molecule has 0 radical (unpaired) electrons. The predicted octanol–water partition coefficient (Wildman–Crippen LogP) is 2.40. The lowest BCUT2D eigenvalue weighted by atomic mass is 9.92. The highest BCUT2D eigenvalue weighted by atomic mass is 32.1. The molecule has 126 valence electrons. The summed E-state index contributed by atoms with van der Waals surface area (Å²) < 4.78 is 14.9. The minimum atomic E-state index is -1.92. The van der Waals surface area contributed by atoms with E-state index in [1.54, 1.807) is 40.9 Å². The summed E-state index contributed by atoms with van der Waals surface area (Å²) in [5.74, 6) is -0.711. The molecule has 5 nitrogen and oxygen atoms in total. The molecule has 0 spiro atoms. The monoisotopic (exact) mass is 347 g/mol. The smallest absolute Gasteiger partial charge is 0.258 e. The van der Waals surface area contributed by atoms with Gasteiger partial charge in [0.1, 0.15) is 0 Å². The molecule has 0 saturated carbocycles. The number of nitrogens with zero attached hydrogens (tertiary/aromatic N) is 2. The number of amides is 2. The van der Waals surface area contributed by atoms with Gasteiger partial charge in [0.05, 0.1) is 5.56 Å². The molecule has 2 aromatic rings. The molecule has 1 fully saturated rings. The highest BCUT2D eigenvalue weighted by Crippen LogP contribution is 2.28. The summed E-state index contributed by atoms with van der Waals surface area (Å²) in [5, 5.41) is 6.25. The molecular weight excluding hydrogens is 329 g/mol. The molecule has 24 heavy (non-hydrogen) atoms. The van der Waals surface area contributed by atoms with Crippen molar-refractivity contribution in [3.8, 4) is 0 Å². The number of aromatic nitrogens is 1. The fourth-order valence-electron chi connectivity index (χ4n) is 2.70. The summed E-state index contributed by atoms with van der Waals surface area (Å²) in [6.45, 7) is 0.756. The van der Waals surface area contributed by atoms with Crippen molar-refractivity contribution < 1.29 is 14.0 Å². The molecule has 0 aromatic carbocycles. The molecule has 7 heteroatoms. The van der Waals surface area contributed by atoms with Crippen LogP contribution in [0.1, 0.15) is 28.8 Å². The average Bonchev–Trinajstić information content (AvgIpc) is 3.15. The van der Waals surface area contributed by atoms with Crippen LogP contribution < -0.4 is 5.32 Å². The van der Waals surface area contributed by atoms with E-state index in [1.165, 1.54) is 11.3 Å². The number of pyridine rings is 1. The number of carbonyl (C=O) groups is 2. The van der Waals surface area contributed by atoms with Crippen LogP contribution in [0, 0.1) is 0 Å². The molecule has 0 unspecified atom stereocenters. The molecular formula is C17H18FN3O2S. The fourth-order valence-corrected chi connectivity index (χ4v) is 3.33. The van der Waals surface area contributed by atoms with E-state index in [0.29, 0.717) is 5.56 Å². The fraction of sp³-hybridized carbons (Fsp3) is 0.353. The number of hydrogen-bond acceptors (Lipinski definition) is 4. The Bertz CT molecular complexity index is 698. The first-order valence-electron chi connectivity index (χ1n) is 7.76. The number of hydrogen-bond donors (Lipinski definition) is 1. The van der Waals surface area contributed by atoms with E-state index in [2.05, 4.69) is 10.3 Å². The quantitative estimate of drug-likeness (QED) is 0.924. The van der Waals surface area contributed by atoms with Crippen LogP contribution >= 0.6 is 11.3 Å². The maximum atomic E-state index is 14.9. The Morgan fingerprint density at radius 3 is 2.58 bits per heavy atom. The second kappa shape index (κ2) is 7.09. The van der Waals surface area contributed by atoms with Crippen molar-refractivity contribution in [3.63, 3.8) is 0 Å². The molecule has 1 aliphatic heterocycles. The van der Waals surface area contributed by atoms with Crippen molar-refractivity contribution in [2.75, 3.05) is 13.1 Å². The predicted molar refractivity (Wildman–Crippen MR) is 89.4 cm³/mol. The van der Waals surface area contributed by atoms with Crippen molar-refractivity contribution in [2.24, 2.45) is 0 Å². The van der Waals surface area contributed by atoms with Crippen molar-refractivity contribution in [1.29, 1.82) is 0 Å². The number of carbonyl (C=O) groups excluding carboxylic acids is 2. The number of alkyl halides is 1. The highest BCUT2D eigenvalue weighted by molar-refractivity contribution is 7.08. The van der Waals surface area contributed by atoms with Crippen LogP contribution in [0.2, 0.25) is 0 Å².